The van der Waals surface area contributed by atoms with E-state index in [0.29, 0.717) is 0 Å². The highest BCUT2D eigenvalue weighted by Crippen LogP contribution is 2.45. The predicted molar refractivity (Wildman–Crippen MR) is 93.8 cm³/mol. The minimum Gasteiger partial charge on any atom is -0.426 e. The lowest BCUT2D eigenvalue weighted by Gasteiger charge is -2.34. The Morgan fingerprint density at radius 3 is 2.24 bits per heavy atom. The summed E-state index contributed by atoms with van der Waals surface area (Å²) in [5, 5.41) is 0. The summed E-state index contributed by atoms with van der Waals surface area (Å²) in [4.78, 5) is 2.33. The summed E-state index contributed by atoms with van der Waals surface area (Å²) in [5.41, 5.74) is 2.76. The van der Waals surface area contributed by atoms with Crippen molar-refractivity contribution in [2.75, 3.05) is 18.5 Å². The fraction of sp³-hybridized carbons (Fsp3) is 0.667. The monoisotopic (exact) mass is 287 g/mol. The third-order valence-corrected chi connectivity index (χ3v) is 5.32. The molecule has 1 aliphatic rings. The molecule has 3 heteroatoms. The first kappa shape index (κ1) is 16.4. The zero-order chi connectivity index (χ0) is 15.7. The molecular formula is C18H30BNO. The highest BCUT2D eigenvalue weighted by molar-refractivity contribution is 6.68. The first-order valence-electron chi connectivity index (χ1n) is 8.26. The molecule has 0 aromatic heterocycles. The molecule has 1 fully saturated rings. The molecule has 0 bridgehead atoms. The topological polar surface area (TPSA) is 12.5 Å². The molecule has 21 heavy (non-hydrogen) atoms. The standard InChI is InChI=1S/C18H30BNO/c1-7-8-13-20(6)16-11-9-15(10-12-16)19-14-17(2,3)18(4,5)21-19/h9-12H,7-8,13-14H2,1-6H3. The van der Waals surface area contributed by atoms with E-state index >= 15 is 0 Å². The largest absolute Gasteiger partial charge is 0.426 e. The van der Waals surface area contributed by atoms with Gasteiger partial charge in [0.1, 0.15) is 0 Å². The van der Waals surface area contributed by atoms with Crippen LogP contribution in [0.4, 0.5) is 5.69 Å². The predicted octanol–water partition coefficient (Wildman–Crippen LogP) is 3.96. The molecule has 0 aliphatic carbocycles. The van der Waals surface area contributed by atoms with Gasteiger partial charge in [0.2, 0.25) is 0 Å². The normalized spacial score (nSPS) is 19.8. The van der Waals surface area contributed by atoms with Gasteiger partial charge in [-0.1, -0.05) is 39.3 Å². The quantitative estimate of drug-likeness (QED) is 0.760. The molecule has 0 saturated carbocycles. The molecule has 1 aromatic carbocycles. The molecule has 1 saturated heterocycles. The average molecular weight is 287 g/mol. The van der Waals surface area contributed by atoms with Crippen LogP contribution in [0.15, 0.2) is 24.3 Å². The Balaban J connectivity index is 2.07. The number of hydrogen-bond donors (Lipinski definition) is 0. The molecule has 1 aromatic rings. The van der Waals surface area contributed by atoms with Crippen LogP contribution in [-0.2, 0) is 4.65 Å². The van der Waals surface area contributed by atoms with Gasteiger partial charge in [0, 0.05) is 19.3 Å². The number of benzene rings is 1. The van der Waals surface area contributed by atoms with Gasteiger partial charge < -0.3 is 9.55 Å². The molecule has 0 unspecified atom stereocenters. The van der Waals surface area contributed by atoms with E-state index in [1.54, 1.807) is 0 Å². The number of rotatable bonds is 5. The van der Waals surface area contributed by atoms with Gasteiger partial charge in [-0.15, -0.1) is 0 Å². The molecule has 116 valence electrons. The lowest BCUT2D eigenvalue weighted by molar-refractivity contribution is 0.0375. The van der Waals surface area contributed by atoms with Crippen molar-refractivity contribution in [3.8, 4) is 0 Å². The highest BCUT2D eigenvalue weighted by atomic mass is 16.5. The van der Waals surface area contributed by atoms with E-state index in [2.05, 4.69) is 70.8 Å². The van der Waals surface area contributed by atoms with E-state index in [0.717, 1.165) is 12.9 Å². The molecule has 2 nitrogen and oxygen atoms in total. The Labute approximate surface area is 131 Å². The maximum absolute atomic E-state index is 6.30. The van der Waals surface area contributed by atoms with E-state index in [1.165, 1.54) is 24.0 Å². The molecule has 0 atom stereocenters. The van der Waals surface area contributed by atoms with Crippen molar-refractivity contribution in [1.29, 1.82) is 0 Å². The van der Waals surface area contributed by atoms with Crippen LogP contribution in [0, 0.1) is 5.41 Å². The molecular weight excluding hydrogens is 257 g/mol. The smallest absolute Gasteiger partial charge is 0.327 e. The molecule has 0 N–H and O–H groups in total. The summed E-state index contributed by atoms with van der Waals surface area (Å²) in [5.74, 6) is 0. The van der Waals surface area contributed by atoms with E-state index < -0.39 is 0 Å². The van der Waals surface area contributed by atoms with Crippen molar-refractivity contribution in [2.45, 2.75) is 59.4 Å². The summed E-state index contributed by atoms with van der Waals surface area (Å²) in [6.45, 7) is 12.6. The van der Waals surface area contributed by atoms with Gasteiger partial charge in [0.05, 0.1) is 5.60 Å². The molecule has 0 spiro atoms. The second-order valence-corrected chi connectivity index (χ2v) is 7.57. The average Bonchev–Trinajstić information content (AvgIpc) is 2.65. The van der Waals surface area contributed by atoms with E-state index in [-0.39, 0.29) is 17.9 Å². The summed E-state index contributed by atoms with van der Waals surface area (Å²) >= 11 is 0. The van der Waals surface area contributed by atoms with Gasteiger partial charge in [-0.25, -0.2) is 0 Å². The Bertz CT molecular complexity index is 451. The van der Waals surface area contributed by atoms with Crippen molar-refractivity contribution >= 4 is 18.1 Å². The first-order valence-corrected chi connectivity index (χ1v) is 8.26. The molecule has 0 radical (unpaired) electrons. The summed E-state index contributed by atoms with van der Waals surface area (Å²) in [6, 6.07) is 8.93. The van der Waals surface area contributed by atoms with Crippen LogP contribution in [0.1, 0.15) is 47.5 Å². The number of unbranched alkanes of at least 4 members (excludes halogenated alkanes) is 1. The Morgan fingerprint density at radius 2 is 1.76 bits per heavy atom. The van der Waals surface area contributed by atoms with Gasteiger partial charge in [-0.3, -0.25) is 0 Å². The summed E-state index contributed by atoms with van der Waals surface area (Å²) in [7, 11) is 2.17. The van der Waals surface area contributed by atoms with Crippen LogP contribution < -0.4 is 10.4 Å². The van der Waals surface area contributed by atoms with Crippen molar-refractivity contribution in [2.24, 2.45) is 5.41 Å². The number of anilines is 1. The van der Waals surface area contributed by atoms with Crippen LogP contribution in [0.3, 0.4) is 0 Å². The minimum atomic E-state index is -0.0613. The summed E-state index contributed by atoms with van der Waals surface area (Å²) < 4.78 is 6.30. The summed E-state index contributed by atoms with van der Waals surface area (Å²) in [6.07, 6.45) is 3.57. The molecule has 2 rings (SSSR count). The van der Waals surface area contributed by atoms with Crippen molar-refractivity contribution in [3.05, 3.63) is 24.3 Å². The third kappa shape index (κ3) is 3.45. The minimum absolute atomic E-state index is 0.0613. The van der Waals surface area contributed by atoms with Crippen LogP contribution in [0.2, 0.25) is 6.32 Å². The fourth-order valence-electron chi connectivity index (χ4n) is 2.92. The Hall–Kier alpha value is -0.955. The maximum Gasteiger partial charge on any atom is 0.327 e. The SMILES string of the molecule is CCCCN(C)c1ccc(B2CC(C)(C)C(C)(C)O2)cc1. The van der Waals surface area contributed by atoms with Crippen LogP contribution >= 0.6 is 0 Å². The Kier molecular flexibility index (Phi) is 4.72. The lowest BCUT2D eigenvalue weighted by Crippen LogP contribution is -2.36. The maximum atomic E-state index is 6.30. The number of hydrogen-bond acceptors (Lipinski definition) is 2. The second kappa shape index (κ2) is 6.04. The van der Waals surface area contributed by atoms with Crippen LogP contribution in [-0.4, -0.2) is 26.1 Å². The fourth-order valence-corrected chi connectivity index (χ4v) is 2.92. The van der Waals surface area contributed by atoms with Crippen molar-refractivity contribution in [1.82, 2.24) is 0 Å². The van der Waals surface area contributed by atoms with Gasteiger partial charge in [-0.2, -0.15) is 0 Å². The lowest BCUT2D eigenvalue weighted by atomic mass is 9.54. The molecule has 1 heterocycles. The number of nitrogens with zero attached hydrogens (tertiary/aromatic N) is 1. The van der Waals surface area contributed by atoms with E-state index in [4.69, 9.17) is 4.65 Å². The zero-order valence-electron chi connectivity index (χ0n) is 14.6. The molecule has 0 amide bonds. The van der Waals surface area contributed by atoms with Crippen LogP contribution in [0.5, 0.6) is 0 Å². The third-order valence-electron chi connectivity index (χ3n) is 5.32. The Morgan fingerprint density at radius 1 is 1.14 bits per heavy atom. The van der Waals surface area contributed by atoms with E-state index in [1.807, 2.05) is 0 Å². The van der Waals surface area contributed by atoms with Gasteiger partial charge in [0.25, 0.3) is 0 Å². The second-order valence-electron chi connectivity index (χ2n) is 7.57. The highest BCUT2D eigenvalue weighted by Gasteiger charge is 2.49. The zero-order valence-corrected chi connectivity index (χ0v) is 14.6. The van der Waals surface area contributed by atoms with Gasteiger partial charge in [0.15, 0.2) is 0 Å². The van der Waals surface area contributed by atoms with Crippen LogP contribution in [0.25, 0.3) is 0 Å². The van der Waals surface area contributed by atoms with Gasteiger partial charge >= 0.3 is 6.92 Å². The van der Waals surface area contributed by atoms with Gasteiger partial charge in [-0.05, 0) is 49.6 Å². The first-order chi connectivity index (χ1) is 9.77. The van der Waals surface area contributed by atoms with Crippen molar-refractivity contribution in [3.63, 3.8) is 0 Å². The molecule has 1 aliphatic heterocycles. The van der Waals surface area contributed by atoms with Crippen molar-refractivity contribution < 1.29 is 4.65 Å². The van der Waals surface area contributed by atoms with E-state index in [9.17, 15) is 0 Å².